The lowest BCUT2D eigenvalue weighted by Gasteiger charge is -2.11. The van der Waals surface area contributed by atoms with Crippen LogP contribution in [0.2, 0.25) is 0 Å². The molecule has 0 bridgehead atoms. The first kappa shape index (κ1) is 15.9. The van der Waals surface area contributed by atoms with Gasteiger partial charge in [0, 0.05) is 25.5 Å². The number of halogens is 1. The molecule has 0 atom stereocenters. The summed E-state index contributed by atoms with van der Waals surface area (Å²) >= 11 is 0. The van der Waals surface area contributed by atoms with E-state index in [1.807, 2.05) is 12.1 Å². The summed E-state index contributed by atoms with van der Waals surface area (Å²) in [6.45, 7) is 0.352. The molecule has 2 aromatic heterocycles. The minimum absolute atomic E-state index is 0.000768. The second kappa shape index (κ2) is 7.10. The van der Waals surface area contributed by atoms with Crippen molar-refractivity contribution in [2.24, 2.45) is 0 Å². The van der Waals surface area contributed by atoms with Crippen molar-refractivity contribution in [2.45, 2.75) is 6.42 Å². The third-order valence-electron chi connectivity index (χ3n) is 3.54. The van der Waals surface area contributed by atoms with Crippen LogP contribution in [0.4, 0.5) is 4.39 Å². The van der Waals surface area contributed by atoms with Gasteiger partial charge in [0.15, 0.2) is 5.82 Å². The molecule has 0 unspecified atom stereocenters. The van der Waals surface area contributed by atoms with Gasteiger partial charge >= 0.3 is 0 Å². The number of amides is 1. The number of aliphatic hydroxyl groups excluding tert-OH is 1. The standard InChI is InChI=1S/C17H17FN4O2/c18-14-6-1-2-7-15(14)22-17(21-9-3-4-10-21)13(12-20-22)16(24)19-8-5-11-23/h1-4,6-7,9-10,12,23H,5,8,11H2,(H,19,24). The van der Waals surface area contributed by atoms with Crippen molar-refractivity contribution in [3.8, 4) is 11.5 Å². The molecule has 3 rings (SSSR count). The Morgan fingerprint density at radius 1 is 1.21 bits per heavy atom. The number of nitrogens with zero attached hydrogens (tertiary/aromatic N) is 3. The van der Waals surface area contributed by atoms with Gasteiger partial charge in [-0.2, -0.15) is 5.10 Å². The average Bonchev–Trinajstić information content (AvgIpc) is 3.24. The highest BCUT2D eigenvalue weighted by Crippen LogP contribution is 2.21. The number of nitrogens with one attached hydrogen (secondary N) is 1. The van der Waals surface area contributed by atoms with Crippen LogP contribution in [0.5, 0.6) is 0 Å². The minimum atomic E-state index is -0.429. The molecule has 0 saturated carbocycles. The van der Waals surface area contributed by atoms with Gasteiger partial charge < -0.3 is 15.0 Å². The van der Waals surface area contributed by atoms with Gasteiger partial charge in [-0.05, 0) is 30.7 Å². The van der Waals surface area contributed by atoms with Crippen LogP contribution in [-0.4, -0.2) is 38.5 Å². The molecular formula is C17H17FN4O2. The highest BCUT2D eigenvalue weighted by Gasteiger charge is 2.20. The first-order chi connectivity index (χ1) is 11.7. The molecule has 0 saturated heterocycles. The summed E-state index contributed by atoms with van der Waals surface area (Å²) in [6.07, 6.45) is 5.40. The van der Waals surface area contributed by atoms with Crippen LogP contribution in [-0.2, 0) is 0 Å². The molecule has 24 heavy (non-hydrogen) atoms. The molecule has 1 aromatic carbocycles. The molecule has 124 valence electrons. The molecule has 2 heterocycles. The summed E-state index contributed by atoms with van der Waals surface area (Å²) < 4.78 is 17.3. The highest BCUT2D eigenvalue weighted by molar-refractivity contribution is 5.97. The monoisotopic (exact) mass is 328 g/mol. The number of carbonyl (C=O) groups is 1. The number of carbonyl (C=O) groups excluding carboxylic acids is 1. The highest BCUT2D eigenvalue weighted by atomic mass is 19.1. The number of para-hydroxylation sites is 1. The topological polar surface area (TPSA) is 72.1 Å². The Morgan fingerprint density at radius 3 is 2.67 bits per heavy atom. The molecule has 0 spiro atoms. The molecule has 1 amide bonds. The Morgan fingerprint density at radius 2 is 1.96 bits per heavy atom. The van der Waals surface area contributed by atoms with E-state index in [2.05, 4.69) is 10.4 Å². The zero-order valence-corrected chi connectivity index (χ0v) is 12.9. The average molecular weight is 328 g/mol. The molecule has 0 radical (unpaired) electrons. The van der Waals surface area contributed by atoms with Crippen molar-refractivity contribution < 1.29 is 14.3 Å². The molecule has 7 heteroatoms. The first-order valence-electron chi connectivity index (χ1n) is 7.57. The first-order valence-corrected chi connectivity index (χ1v) is 7.57. The van der Waals surface area contributed by atoms with E-state index >= 15 is 0 Å². The van der Waals surface area contributed by atoms with Gasteiger partial charge in [-0.15, -0.1) is 0 Å². The van der Waals surface area contributed by atoms with Gasteiger partial charge in [0.1, 0.15) is 17.1 Å². The van der Waals surface area contributed by atoms with E-state index in [1.165, 1.54) is 16.9 Å². The summed E-state index contributed by atoms with van der Waals surface area (Å²) in [7, 11) is 0. The largest absolute Gasteiger partial charge is 0.396 e. The zero-order chi connectivity index (χ0) is 16.9. The maximum absolute atomic E-state index is 14.2. The van der Waals surface area contributed by atoms with Crippen LogP contribution < -0.4 is 5.32 Å². The smallest absolute Gasteiger partial charge is 0.256 e. The van der Waals surface area contributed by atoms with E-state index < -0.39 is 5.82 Å². The van der Waals surface area contributed by atoms with Gasteiger partial charge in [-0.1, -0.05) is 12.1 Å². The predicted octanol–water partition coefficient (Wildman–Crippen LogP) is 1.91. The number of rotatable bonds is 6. The minimum Gasteiger partial charge on any atom is -0.396 e. The van der Waals surface area contributed by atoms with E-state index in [9.17, 15) is 9.18 Å². The van der Waals surface area contributed by atoms with Crippen LogP contribution in [0, 0.1) is 5.82 Å². The van der Waals surface area contributed by atoms with E-state index in [0.29, 0.717) is 24.3 Å². The van der Waals surface area contributed by atoms with Crippen molar-refractivity contribution in [3.05, 3.63) is 66.4 Å². The van der Waals surface area contributed by atoms with Crippen LogP contribution in [0.25, 0.3) is 11.5 Å². The number of hydrogen-bond donors (Lipinski definition) is 2. The van der Waals surface area contributed by atoms with Gasteiger partial charge in [0.2, 0.25) is 0 Å². The molecule has 0 aliphatic carbocycles. The molecule has 0 aliphatic rings. The second-order valence-electron chi connectivity index (χ2n) is 5.17. The van der Waals surface area contributed by atoms with E-state index in [0.717, 1.165) is 0 Å². The SMILES string of the molecule is O=C(NCCCO)c1cnn(-c2ccccc2F)c1-n1cccc1. The number of benzene rings is 1. The van der Waals surface area contributed by atoms with Crippen LogP contribution in [0.1, 0.15) is 16.8 Å². The third kappa shape index (κ3) is 3.07. The van der Waals surface area contributed by atoms with Gasteiger partial charge in [-0.25, -0.2) is 9.07 Å². The maximum atomic E-state index is 14.2. The van der Waals surface area contributed by atoms with E-state index in [-0.39, 0.29) is 18.2 Å². The van der Waals surface area contributed by atoms with Gasteiger partial charge in [0.25, 0.3) is 5.91 Å². The molecule has 3 aromatic rings. The summed E-state index contributed by atoms with van der Waals surface area (Å²) in [5, 5.41) is 15.7. The van der Waals surface area contributed by atoms with Crippen LogP contribution in [0.3, 0.4) is 0 Å². The van der Waals surface area contributed by atoms with Crippen LogP contribution >= 0.6 is 0 Å². The number of aliphatic hydroxyl groups is 1. The Bertz CT molecular complexity index is 827. The summed E-state index contributed by atoms with van der Waals surface area (Å²) in [6, 6.07) is 9.87. The lowest BCUT2D eigenvalue weighted by molar-refractivity contribution is 0.0951. The molecule has 6 nitrogen and oxygen atoms in total. The third-order valence-corrected chi connectivity index (χ3v) is 3.54. The molecule has 0 aliphatic heterocycles. The fraction of sp³-hybridized carbons (Fsp3) is 0.176. The van der Waals surface area contributed by atoms with Crippen molar-refractivity contribution >= 4 is 5.91 Å². The zero-order valence-electron chi connectivity index (χ0n) is 12.9. The van der Waals surface area contributed by atoms with Crippen molar-refractivity contribution in [2.75, 3.05) is 13.2 Å². The lowest BCUT2D eigenvalue weighted by Crippen LogP contribution is -2.26. The number of aromatic nitrogens is 3. The maximum Gasteiger partial charge on any atom is 0.256 e. The Kier molecular flexibility index (Phi) is 4.72. The van der Waals surface area contributed by atoms with Gasteiger partial charge in [0.05, 0.1) is 6.20 Å². The van der Waals surface area contributed by atoms with Crippen LogP contribution in [0.15, 0.2) is 55.0 Å². The summed E-state index contributed by atoms with van der Waals surface area (Å²) in [5.41, 5.74) is 0.586. The quantitative estimate of drug-likeness (QED) is 0.679. The van der Waals surface area contributed by atoms with Gasteiger partial charge in [-0.3, -0.25) is 4.79 Å². The number of hydrogen-bond acceptors (Lipinski definition) is 3. The van der Waals surface area contributed by atoms with E-state index in [1.54, 1.807) is 35.2 Å². The predicted molar refractivity (Wildman–Crippen MR) is 86.9 cm³/mol. The van der Waals surface area contributed by atoms with Crippen molar-refractivity contribution in [3.63, 3.8) is 0 Å². The Labute approximate surface area is 138 Å². The van der Waals surface area contributed by atoms with Crippen molar-refractivity contribution in [1.29, 1.82) is 0 Å². The Balaban J connectivity index is 2.05. The normalized spacial score (nSPS) is 10.8. The fourth-order valence-corrected chi connectivity index (χ4v) is 2.40. The molecular weight excluding hydrogens is 311 g/mol. The second-order valence-corrected chi connectivity index (χ2v) is 5.17. The van der Waals surface area contributed by atoms with E-state index in [4.69, 9.17) is 5.11 Å². The summed E-state index contributed by atoms with van der Waals surface area (Å²) in [4.78, 5) is 12.4. The lowest BCUT2D eigenvalue weighted by atomic mass is 10.2. The molecule has 0 fully saturated rings. The summed E-state index contributed by atoms with van der Waals surface area (Å²) in [5.74, 6) is -0.303. The van der Waals surface area contributed by atoms with Crippen molar-refractivity contribution in [1.82, 2.24) is 19.7 Å². The fourth-order valence-electron chi connectivity index (χ4n) is 2.40. The molecule has 2 N–H and O–H groups in total. The Hall–Kier alpha value is -2.93.